The van der Waals surface area contributed by atoms with E-state index in [1.165, 1.54) is 12.0 Å². The zero-order valence-electron chi connectivity index (χ0n) is 17.2. The summed E-state index contributed by atoms with van der Waals surface area (Å²) in [6, 6.07) is 11.4. The van der Waals surface area contributed by atoms with Crippen molar-refractivity contribution in [3.05, 3.63) is 35.9 Å². The number of benzene rings is 1. The molecule has 0 bridgehead atoms. The zero-order valence-corrected chi connectivity index (χ0v) is 17.2. The van der Waals surface area contributed by atoms with E-state index in [1.54, 1.807) is 0 Å². The maximum Gasteiger partial charge on any atom is 0.193 e. The van der Waals surface area contributed by atoms with Crippen LogP contribution in [0.3, 0.4) is 0 Å². The topological polar surface area (TPSA) is 40.1 Å². The number of aliphatic imine (C=N–C) groups is 1. The van der Waals surface area contributed by atoms with Crippen LogP contribution < -0.4 is 5.32 Å². The molecule has 0 amide bonds. The average Bonchev–Trinajstić information content (AvgIpc) is 3.14. The standard InChI is InChI=1S/C22H36N4O/c1-18(2)21(25-11-13-27-14-12-25)16-24-22(23-3)26-10-9-20(17-26)15-19-7-5-4-6-8-19/h4-8,18,20-21H,9-17H2,1-3H3,(H,23,24). The van der Waals surface area contributed by atoms with Crippen LogP contribution in [-0.2, 0) is 11.2 Å². The highest BCUT2D eigenvalue weighted by molar-refractivity contribution is 5.80. The second-order valence-corrected chi connectivity index (χ2v) is 8.18. The lowest BCUT2D eigenvalue weighted by Crippen LogP contribution is -2.53. The van der Waals surface area contributed by atoms with Gasteiger partial charge in [0, 0.05) is 45.8 Å². The van der Waals surface area contributed by atoms with E-state index in [0.717, 1.165) is 58.3 Å². The van der Waals surface area contributed by atoms with Gasteiger partial charge in [-0.25, -0.2) is 0 Å². The van der Waals surface area contributed by atoms with Gasteiger partial charge >= 0.3 is 0 Å². The lowest BCUT2D eigenvalue weighted by Gasteiger charge is -2.37. The molecule has 1 aromatic rings. The third-order valence-electron chi connectivity index (χ3n) is 5.92. The molecule has 2 aliphatic rings. The molecule has 2 fully saturated rings. The molecule has 2 heterocycles. The first-order valence-electron chi connectivity index (χ1n) is 10.5. The summed E-state index contributed by atoms with van der Waals surface area (Å²) in [5.41, 5.74) is 1.44. The van der Waals surface area contributed by atoms with Crippen molar-refractivity contribution in [3.8, 4) is 0 Å². The van der Waals surface area contributed by atoms with Crippen LogP contribution in [0.1, 0.15) is 25.8 Å². The third kappa shape index (κ3) is 5.69. The number of likely N-dealkylation sites (tertiary alicyclic amines) is 1. The summed E-state index contributed by atoms with van der Waals surface area (Å²) in [6.45, 7) is 11.5. The number of morpholine rings is 1. The van der Waals surface area contributed by atoms with Gasteiger partial charge in [-0.15, -0.1) is 0 Å². The highest BCUT2D eigenvalue weighted by Gasteiger charge is 2.27. The van der Waals surface area contributed by atoms with Gasteiger partial charge in [-0.05, 0) is 30.2 Å². The van der Waals surface area contributed by atoms with Gasteiger partial charge in [0.1, 0.15) is 0 Å². The summed E-state index contributed by atoms with van der Waals surface area (Å²) in [7, 11) is 1.91. The summed E-state index contributed by atoms with van der Waals surface area (Å²) >= 11 is 0. The Hall–Kier alpha value is -1.59. The molecular formula is C22H36N4O. The first-order chi connectivity index (χ1) is 13.2. The zero-order chi connectivity index (χ0) is 19.1. The maximum atomic E-state index is 5.52. The fraction of sp³-hybridized carbons (Fsp3) is 0.682. The Morgan fingerprint density at radius 3 is 2.59 bits per heavy atom. The van der Waals surface area contributed by atoms with Crippen LogP contribution in [0.15, 0.2) is 35.3 Å². The minimum absolute atomic E-state index is 0.522. The van der Waals surface area contributed by atoms with Gasteiger partial charge in [0.2, 0.25) is 0 Å². The van der Waals surface area contributed by atoms with Gasteiger partial charge in [0.05, 0.1) is 13.2 Å². The van der Waals surface area contributed by atoms with Crippen molar-refractivity contribution in [2.24, 2.45) is 16.8 Å². The highest BCUT2D eigenvalue weighted by Crippen LogP contribution is 2.21. The van der Waals surface area contributed by atoms with Crippen molar-refractivity contribution < 1.29 is 4.74 Å². The van der Waals surface area contributed by atoms with Crippen LogP contribution in [0.2, 0.25) is 0 Å². The maximum absolute atomic E-state index is 5.52. The Labute approximate surface area is 164 Å². The molecule has 27 heavy (non-hydrogen) atoms. The second-order valence-electron chi connectivity index (χ2n) is 8.18. The van der Waals surface area contributed by atoms with E-state index in [9.17, 15) is 0 Å². The molecule has 1 aromatic carbocycles. The fourth-order valence-electron chi connectivity index (χ4n) is 4.36. The van der Waals surface area contributed by atoms with Crippen molar-refractivity contribution in [1.82, 2.24) is 15.1 Å². The van der Waals surface area contributed by atoms with E-state index in [4.69, 9.17) is 4.74 Å². The molecule has 0 radical (unpaired) electrons. The Morgan fingerprint density at radius 1 is 1.19 bits per heavy atom. The predicted octanol–water partition coefficient (Wildman–Crippen LogP) is 2.48. The van der Waals surface area contributed by atoms with Crippen molar-refractivity contribution >= 4 is 5.96 Å². The Bertz CT molecular complexity index is 583. The lowest BCUT2D eigenvalue weighted by molar-refractivity contribution is 0.00742. The normalized spacial score (nSPS) is 23.0. The van der Waals surface area contributed by atoms with E-state index < -0.39 is 0 Å². The van der Waals surface area contributed by atoms with Gasteiger partial charge in [0.25, 0.3) is 0 Å². The molecule has 0 spiro atoms. The molecule has 5 nitrogen and oxygen atoms in total. The number of guanidine groups is 1. The van der Waals surface area contributed by atoms with Crippen LogP contribution >= 0.6 is 0 Å². The van der Waals surface area contributed by atoms with Crippen LogP contribution in [0.5, 0.6) is 0 Å². The largest absolute Gasteiger partial charge is 0.379 e. The number of rotatable bonds is 6. The van der Waals surface area contributed by atoms with E-state index in [2.05, 4.69) is 64.3 Å². The van der Waals surface area contributed by atoms with Gasteiger partial charge in [-0.3, -0.25) is 9.89 Å². The molecular weight excluding hydrogens is 336 g/mol. The van der Waals surface area contributed by atoms with E-state index in [-0.39, 0.29) is 0 Å². The summed E-state index contributed by atoms with van der Waals surface area (Å²) < 4.78 is 5.52. The van der Waals surface area contributed by atoms with E-state index in [0.29, 0.717) is 17.9 Å². The van der Waals surface area contributed by atoms with Gasteiger partial charge in [-0.2, -0.15) is 0 Å². The van der Waals surface area contributed by atoms with Gasteiger partial charge in [0.15, 0.2) is 5.96 Å². The summed E-state index contributed by atoms with van der Waals surface area (Å²) in [5.74, 6) is 2.38. The molecule has 2 saturated heterocycles. The average molecular weight is 373 g/mol. The van der Waals surface area contributed by atoms with Crippen molar-refractivity contribution in [2.45, 2.75) is 32.7 Å². The van der Waals surface area contributed by atoms with Gasteiger partial charge < -0.3 is 15.0 Å². The highest BCUT2D eigenvalue weighted by atomic mass is 16.5. The second kappa shape index (κ2) is 10.1. The Balaban J connectivity index is 1.51. The predicted molar refractivity (Wildman–Crippen MR) is 112 cm³/mol. The molecule has 0 aliphatic carbocycles. The van der Waals surface area contributed by atoms with Crippen molar-refractivity contribution in [1.29, 1.82) is 0 Å². The first kappa shape index (κ1) is 20.2. The number of nitrogens with zero attached hydrogens (tertiary/aromatic N) is 3. The molecule has 1 N–H and O–H groups in total. The monoisotopic (exact) mass is 372 g/mol. The SMILES string of the molecule is CN=C(NCC(C(C)C)N1CCOCC1)N1CCC(Cc2ccccc2)C1. The summed E-state index contributed by atoms with van der Waals surface area (Å²) in [5, 5.41) is 3.67. The molecule has 150 valence electrons. The Kier molecular flexibility index (Phi) is 7.53. The van der Waals surface area contributed by atoms with E-state index in [1.807, 2.05) is 7.05 Å². The van der Waals surface area contributed by atoms with Gasteiger partial charge in [-0.1, -0.05) is 44.2 Å². The quantitative estimate of drug-likeness (QED) is 0.615. The van der Waals surface area contributed by atoms with E-state index >= 15 is 0 Å². The molecule has 0 aromatic heterocycles. The minimum atomic E-state index is 0.522. The number of hydrogen-bond acceptors (Lipinski definition) is 3. The molecule has 2 unspecified atom stereocenters. The minimum Gasteiger partial charge on any atom is -0.379 e. The van der Waals surface area contributed by atoms with Crippen molar-refractivity contribution in [3.63, 3.8) is 0 Å². The first-order valence-corrected chi connectivity index (χ1v) is 10.5. The number of nitrogens with one attached hydrogen (secondary N) is 1. The van der Waals surface area contributed by atoms with Crippen LogP contribution in [-0.4, -0.2) is 74.8 Å². The lowest BCUT2D eigenvalue weighted by atomic mass is 9.99. The molecule has 5 heteroatoms. The molecule has 2 aliphatic heterocycles. The van der Waals surface area contributed by atoms with Crippen molar-refractivity contribution in [2.75, 3.05) is 53.0 Å². The smallest absolute Gasteiger partial charge is 0.193 e. The Morgan fingerprint density at radius 2 is 1.93 bits per heavy atom. The summed E-state index contributed by atoms with van der Waals surface area (Å²) in [4.78, 5) is 9.58. The number of ether oxygens (including phenoxy) is 1. The number of hydrogen-bond donors (Lipinski definition) is 1. The third-order valence-corrected chi connectivity index (χ3v) is 5.92. The van der Waals surface area contributed by atoms with Crippen LogP contribution in [0, 0.1) is 11.8 Å². The molecule has 2 atom stereocenters. The summed E-state index contributed by atoms with van der Waals surface area (Å²) in [6.07, 6.45) is 2.41. The molecule has 3 rings (SSSR count). The van der Waals surface area contributed by atoms with Crippen LogP contribution in [0.25, 0.3) is 0 Å². The fourth-order valence-corrected chi connectivity index (χ4v) is 4.36. The van der Waals surface area contributed by atoms with Crippen LogP contribution in [0.4, 0.5) is 0 Å². The molecule has 0 saturated carbocycles.